The van der Waals surface area contributed by atoms with E-state index in [9.17, 15) is 8.42 Å². The number of hydrogen-bond acceptors (Lipinski definition) is 5. The predicted molar refractivity (Wildman–Crippen MR) is 94.8 cm³/mol. The number of fused-ring (bicyclic) bond motifs is 1. The van der Waals surface area contributed by atoms with Gasteiger partial charge in [0.25, 0.3) is 10.0 Å². The number of halogens is 1. The van der Waals surface area contributed by atoms with Gasteiger partial charge in [0.15, 0.2) is 0 Å². The first-order valence-electron chi connectivity index (χ1n) is 7.18. The van der Waals surface area contributed by atoms with E-state index < -0.39 is 10.0 Å². The van der Waals surface area contributed by atoms with Crippen LogP contribution >= 0.6 is 34.3 Å². The molecular weight excluding hydrogens is 372 g/mol. The van der Waals surface area contributed by atoms with Gasteiger partial charge in [-0.15, -0.1) is 22.7 Å². The van der Waals surface area contributed by atoms with Gasteiger partial charge in [0.2, 0.25) is 0 Å². The van der Waals surface area contributed by atoms with E-state index >= 15 is 0 Å². The van der Waals surface area contributed by atoms with Crippen LogP contribution in [0.25, 0.3) is 10.2 Å². The number of para-hydroxylation sites is 1. The highest BCUT2D eigenvalue weighted by atomic mass is 35.5. The lowest BCUT2D eigenvalue weighted by Gasteiger charge is -2.21. The molecule has 1 atom stereocenters. The van der Waals surface area contributed by atoms with Crippen molar-refractivity contribution in [2.24, 2.45) is 0 Å². The van der Waals surface area contributed by atoms with E-state index in [0.717, 1.165) is 39.4 Å². The SMILES string of the molecule is O=S(=O)(c1ccc(Cl)s1)N1CCCC1c1nc2ccccc2s1. The van der Waals surface area contributed by atoms with Crippen molar-refractivity contribution in [2.75, 3.05) is 6.54 Å². The van der Waals surface area contributed by atoms with Crippen LogP contribution < -0.4 is 0 Å². The van der Waals surface area contributed by atoms with Gasteiger partial charge < -0.3 is 0 Å². The van der Waals surface area contributed by atoms with Gasteiger partial charge in [-0.3, -0.25) is 0 Å². The van der Waals surface area contributed by atoms with Gasteiger partial charge in [-0.25, -0.2) is 13.4 Å². The molecule has 0 bridgehead atoms. The van der Waals surface area contributed by atoms with Crippen LogP contribution in [0.2, 0.25) is 4.34 Å². The van der Waals surface area contributed by atoms with Crippen LogP contribution in [0.5, 0.6) is 0 Å². The average Bonchev–Trinajstić information content (AvgIpc) is 3.25. The Kier molecular flexibility index (Phi) is 3.93. The summed E-state index contributed by atoms with van der Waals surface area (Å²) in [6, 6.07) is 10.9. The molecule has 0 amide bonds. The van der Waals surface area contributed by atoms with Crippen LogP contribution in [0.15, 0.2) is 40.6 Å². The lowest BCUT2D eigenvalue weighted by Crippen LogP contribution is -2.30. The van der Waals surface area contributed by atoms with Crippen molar-refractivity contribution in [3.63, 3.8) is 0 Å². The summed E-state index contributed by atoms with van der Waals surface area (Å²) >= 11 is 8.58. The predicted octanol–water partition coefficient (Wildman–Crippen LogP) is 4.54. The van der Waals surface area contributed by atoms with Crippen LogP contribution in [0.1, 0.15) is 23.9 Å². The van der Waals surface area contributed by atoms with Gasteiger partial charge in [0.05, 0.1) is 20.6 Å². The van der Waals surface area contributed by atoms with Crippen molar-refractivity contribution < 1.29 is 8.42 Å². The first kappa shape index (κ1) is 15.5. The van der Waals surface area contributed by atoms with Gasteiger partial charge in [0.1, 0.15) is 9.22 Å². The van der Waals surface area contributed by atoms with Crippen molar-refractivity contribution in [1.82, 2.24) is 9.29 Å². The molecule has 3 heterocycles. The Bertz CT molecular complexity index is 931. The maximum atomic E-state index is 12.9. The van der Waals surface area contributed by atoms with E-state index in [2.05, 4.69) is 4.98 Å². The van der Waals surface area contributed by atoms with Crippen molar-refractivity contribution in [3.05, 3.63) is 45.7 Å². The molecule has 3 aromatic rings. The number of aromatic nitrogens is 1. The maximum Gasteiger partial charge on any atom is 0.253 e. The van der Waals surface area contributed by atoms with E-state index in [1.54, 1.807) is 27.8 Å². The Balaban J connectivity index is 1.74. The quantitative estimate of drug-likeness (QED) is 0.666. The molecule has 1 aliphatic heterocycles. The molecule has 8 heteroatoms. The summed E-state index contributed by atoms with van der Waals surface area (Å²) in [6.45, 7) is 0.526. The lowest BCUT2D eigenvalue weighted by atomic mass is 10.2. The largest absolute Gasteiger partial charge is 0.253 e. The monoisotopic (exact) mass is 384 g/mol. The molecule has 0 spiro atoms. The molecule has 1 saturated heterocycles. The highest BCUT2D eigenvalue weighted by Crippen LogP contribution is 2.41. The van der Waals surface area contributed by atoms with Gasteiger partial charge >= 0.3 is 0 Å². The van der Waals surface area contributed by atoms with Crippen LogP contribution in [-0.4, -0.2) is 24.3 Å². The Morgan fingerprint density at radius 2 is 2.00 bits per heavy atom. The molecule has 2 aromatic heterocycles. The highest BCUT2D eigenvalue weighted by Gasteiger charge is 2.38. The minimum absolute atomic E-state index is 0.182. The first-order chi connectivity index (χ1) is 11.1. The third-order valence-electron chi connectivity index (χ3n) is 3.91. The third-order valence-corrected chi connectivity index (χ3v) is 8.66. The Morgan fingerprint density at radius 1 is 1.17 bits per heavy atom. The summed E-state index contributed by atoms with van der Waals surface area (Å²) in [5, 5.41) is 0.870. The minimum Gasteiger partial charge on any atom is -0.239 e. The van der Waals surface area contributed by atoms with E-state index in [1.807, 2.05) is 24.3 Å². The van der Waals surface area contributed by atoms with E-state index in [-0.39, 0.29) is 6.04 Å². The molecule has 0 radical (unpaired) electrons. The summed E-state index contributed by atoms with van der Waals surface area (Å²) < 4.78 is 29.3. The van der Waals surface area contributed by atoms with Crippen LogP contribution in [0.4, 0.5) is 0 Å². The molecule has 4 nitrogen and oxygen atoms in total. The second-order valence-corrected chi connectivity index (χ2v) is 10.2. The van der Waals surface area contributed by atoms with Crippen molar-refractivity contribution in [3.8, 4) is 0 Å². The zero-order chi connectivity index (χ0) is 16.0. The molecule has 1 unspecified atom stereocenters. The zero-order valence-corrected chi connectivity index (χ0v) is 15.2. The Morgan fingerprint density at radius 3 is 2.74 bits per heavy atom. The molecule has 1 aromatic carbocycles. The number of rotatable bonds is 3. The second-order valence-electron chi connectivity index (χ2n) is 5.35. The van der Waals surface area contributed by atoms with Crippen LogP contribution in [-0.2, 0) is 10.0 Å². The number of hydrogen-bond donors (Lipinski definition) is 0. The van der Waals surface area contributed by atoms with Gasteiger partial charge in [0, 0.05) is 6.54 Å². The average molecular weight is 385 g/mol. The van der Waals surface area contributed by atoms with Gasteiger partial charge in [-0.2, -0.15) is 4.31 Å². The van der Waals surface area contributed by atoms with Crippen LogP contribution in [0, 0.1) is 0 Å². The third kappa shape index (κ3) is 2.70. The number of benzene rings is 1. The summed E-state index contributed by atoms with van der Waals surface area (Å²) in [5.74, 6) is 0. The lowest BCUT2D eigenvalue weighted by molar-refractivity contribution is 0.397. The molecule has 0 saturated carbocycles. The summed E-state index contributed by atoms with van der Waals surface area (Å²) in [4.78, 5) is 4.65. The normalized spacial score (nSPS) is 19.6. The fraction of sp³-hybridized carbons (Fsp3) is 0.267. The van der Waals surface area contributed by atoms with E-state index in [1.165, 1.54) is 0 Å². The molecule has 1 aliphatic rings. The molecule has 1 fully saturated rings. The summed E-state index contributed by atoms with van der Waals surface area (Å²) in [5.41, 5.74) is 0.927. The van der Waals surface area contributed by atoms with Gasteiger partial charge in [-0.05, 0) is 37.1 Å². The number of sulfonamides is 1. The summed E-state index contributed by atoms with van der Waals surface area (Å²) in [7, 11) is -3.52. The maximum absolute atomic E-state index is 12.9. The van der Waals surface area contributed by atoms with Gasteiger partial charge in [-0.1, -0.05) is 23.7 Å². The summed E-state index contributed by atoms with van der Waals surface area (Å²) in [6.07, 6.45) is 1.65. The molecule has 0 aliphatic carbocycles. The molecular formula is C15H13ClN2O2S3. The Hall–Kier alpha value is -0.990. The van der Waals surface area contributed by atoms with Crippen molar-refractivity contribution in [1.29, 1.82) is 0 Å². The van der Waals surface area contributed by atoms with E-state index in [4.69, 9.17) is 11.6 Å². The van der Waals surface area contributed by atoms with Crippen molar-refractivity contribution >= 4 is 54.5 Å². The number of thiazole rings is 1. The molecule has 23 heavy (non-hydrogen) atoms. The number of thiophene rings is 1. The zero-order valence-electron chi connectivity index (χ0n) is 12.0. The second kappa shape index (κ2) is 5.82. The smallest absolute Gasteiger partial charge is 0.239 e. The highest BCUT2D eigenvalue weighted by molar-refractivity contribution is 7.91. The fourth-order valence-electron chi connectivity index (χ4n) is 2.86. The van der Waals surface area contributed by atoms with Crippen LogP contribution in [0.3, 0.4) is 0 Å². The molecule has 4 rings (SSSR count). The topological polar surface area (TPSA) is 50.3 Å². The van der Waals surface area contributed by atoms with Crippen molar-refractivity contribution in [2.45, 2.75) is 23.1 Å². The Labute approximate surface area is 147 Å². The molecule has 0 N–H and O–H groups in total. The first-order valence-corrected chi connectivity index (χ1v) is 10.6. The van der Waals surface area contributed by atoms with E-state index in [0.29, 0.717) is 15.1 Å². The minimum atomic E-state index is -3.52. The standard InChI is InChI=1S/C15H13ClN2O2S3/c16-13-7-8-14(22-13)23(19,20)18-9-3-5-11(18)15-17-10-4-1-2-6-12(10)21-15/h1-2,4,6-8,11H,3,5,9H2. The molecule has 120 valence electrons. The fourth-order valence-corrected chi connectivity index (χ4v) is 7.31. The number of nitrogens with zero attached hydrogens (tertiary/aromatic N) is 2.